The van der Waals surface area contributed by atoms with Crippen molar-refractivity contribution in [1.29, 1.82) is 0 Å². The number of rotatable bonds is 4. The molecule has 0 aliphatic carbocycles. The fourth-order valence-corrected chi connectivity index (χ4v) is 2.11. The largest absolute Gasteiger partial charge is 0.376 e. The maximum Gasteiger partial charge on any atom is 0.276 e. The highest BCUT2D eigenvalue weighted by Crippen LogP contribution is 2.30. The SMILES string of the molecule is CNc1cc([N+](=O)[O-])cc(NC2(C)CCOC2C)n1. The zero-order chi connectivity index (χ0) is 14.0. The van der Waals surface area contributed by atoms with Crippen molar-refractivity contribution in [2.45, 2.75) is 31.9 Å². The average molecular weight is 266 g/mol. The first-order valence-electron chi connectivity index (χ1n) is 6.18. The van der Waals surface area contributed by atoms with E-state index < -0.39 is 4.92 Å². The van der Waals surface area contributed by atoms with Crippen LogP contribution in [0.4, 0.5) is 17.3 Å². The van der Waals surface area contributed by atoms with Gasteiger partial charge in [-0.1, -0.05) is 0 Å². The van der Waals surface area contributed by atoms with E-state index in [4.69, 9.17) is 4.74 Å². The summed E-state index contributed by atoms with van der Waals surface area (Å²) < 4.78 is 5.54. The van der Waals surface area contributed by atoms with E-state index in [1.807, 2.05) is 13.8 Å². The monoisotopic (exact) mass is 266 g/mol. The Morgan fingerprint density at radius 1 is 1.53 bits per heavy atom. The van der Waals surface area contributed by atoms with Crippen molar-refractivity contribution in [3.8, 4) is 0 Å². The number of hydrogen-bond acceptors (Lipinski definition) is 6. The number of nitro groups is 1. The number of nitrogens with zero attached hydrogens (tertiary/aromatic N) is 2. The Hall–Kier alpha value is -1.89. The first-order valence-corrected chi connectivity index (χ1v) is 6.18. The Labute approximate surface area is 111 Å². The van der Waals surface area contributed by atoms with E-state index in [2.05, 4.69) is 15.6 Å². The summed E-state index contributed by atoms with van der Waals surface area (Å²) in [7, 11) is 1.68. The lowest BCUT2D eigenvalue weighted by atomic mass is 9.95. The van der Waals surface area contributed by atoms with Crippen LogP contribution in [-0.2, 0) is 4.74 Å². The summed E-state index contributed by atoms with van der Waals surface area (Å²) in [5.41, 5.74) is -0.246. The molecule has 2 N–H and O–H groups in total. The van der Waals surface area contributed by atoms with Crippen molar-refractivity contribution >= 4 is 17.3 Å². The number of aromatic nitrogens is 1. The second-order valence-corrected chi connectivity index (χ2v) is 4.91. The molecule has 2 heterocycles. The second-order valence-electron chi connectivity index (χ2n) is 4.91. The molecule has 1 saturated heterocycles. The first kappa shape index (κ1) is 13.5. The molecule has 0 radical (unpaired) electrons. The summed E-state index contributed by atoms with van der Waals surface area (Å²) in [6.07, 6.45) is 0.875. The average Bonchev–Trinajstić information content (AvgIpc) is 2.68. The molecule has 0 spiro atoms. The van der Waals surface area contributed by atoms with Crippen LogP contribution in [0.2, 0.25) is 0 Å². The summed E-state index contributed by atoms with van der Waals surface area (Å²) >= 11 is 0. The molecule has 2 atom stereocenters. The van der Waals surface area contributed by atoms with Crippen molar-refractivity contribution in [2.75, 3.05) is 24.3 Å². The Balaban J connectivity index is 2.29. The lowest BCUT2D eigenvalue weighted by Crippen LogP contribution is -2.41. The lowest BCUT2D eigenvalue weighted by Gasteiger charge is -2.29. The number of nitrogens with one attached hydrogen (secondary N) is 2. The van der Waals surface area contributed by atoms with Crippen LogP contribution in [0.5, 0.6) is 0 Å². The molecule has 2 unspecified atom stereocenters. The van der Waals surface area contributed by atoms with Crippen LogP contribution >= 0.6 is 0 Å². The molecule has 7 heteroatoms. The topological polar surface area (TPSA) is 89.3 Å². The number of pyridine rings is 1. The van der Waals surface area contributed by atoms with E-state index in [1.165, 1.54) is 12.1 Å². The zero-order valence-corrected chi connectivity index (χ0v) is 11.3. The molecule has 104 valence electrons. The third kappa shape index (κ3) is 2.76. The minimum absolute atomic E-state index is 0.0111. The molecule has 1 aliphatic heterocycles. The molecule has 7 nitrogen and oxygen atoms in total. The molecule has 0 aromatic carbocycles. The number of ether oxygens (including phenoxy) is 1. The number of anilines is 2. The summed E-state index contributed by atoms with van der Waals surface area (Å²) in [6, 6.07) is 2.85. The summed E-state index contributed by atoms with van der Waals surface area (Å²) in [5, 5.41) is 17.0. The fraction of sp³-hybridized carbons (Fsp3) is 0.583. The van der Waals surface area contributed by atoms with Gasteiger partial charge in [0.25, 0.3) is 5.69 Å². The predicted molar refractivity (Wildman–Crippen MR) is 72.5 cm³/mol. The van der Waals surface area contributed by atoms with E-state index in [1.54, 1.807) is 7.05 Å². The molecule has 1 aromatic rings. The Kier molecular flexibility index (Phi) is 3.57. The molecule has 19 heavy (non-hydrogen) atoms. The van der Waals surface area contributed by atoms with Gasteiger partial charge in [-0.3, -0.25) is 10.1 Å². The Bertz CT molecular complexity index is 494. The Morgan fingerprint density at radius 3 is 2.74 bits per heavy atom. The van der Waals surface area contributed by atoms with Gasteiger partial charge >= 0.3 is 0 Å². The van der Waals surface area contributed by atoms with Crippen LogP contribution in [-0.4, -0.2) is 35.2 Å². The van der Waals surface area contributed by atoms with Crippen LogP contribution < -0.4 is 10.6 Å². The van der Waals surface area contributed by atoms with Crippen molar-refractivity contribution in [1.82, 2.24) is 4.98 Å². The van der Waals surface area contributed by atoms with Crippen molar-refractivity contribution < 1.29 is 9.66 Å². The van der Waals surface area contributed by atoms with Crippen molar-refractivity contribution in [2.24, 2.45) is 0 Å². The normalized spacial score (nSPS) is 26.2. The van der Waals surface area contributed by atoms with Gasteiger partial charge in [0, 0.05) is 13.7 Å². The summed E-state index contributed by atoms with van der Waals surface area (Å²) in [4.78, 5) is 14.8. The van der Waals surface area contributed by atoms with Gasteiger partial charge in [0.2, 0.25) is 0 Å². The molecule has 1 fully saturated rings. The van der Waals surface area contributed by atoms with Crippen LogP contribution in [0, 0.1) is 10.1 Å². The maximum atomic E-state index is 10.9. The molecule has 2 rings (SSSR count). The molecule has 0 bridgehead atoms. The zero-order valence-electron chi connectivity index (χ0n) is 11.3. The third-order valence-corrected chi connectivity index (χ3v) is 3.58. The highest BCUT2D eigenvalue weighted by molar-refractivity contribution is 5.55. The molecular formula is C12H18N4O3. The highest BCUT2D eigenvalue weighted by atomic mass is 16.6. The highest BCUT2D eigenvalue weighted by Gasteiger charge is 2.37. The number of hydrogen-bond donors (Lipinski definition) is 2. The maximum absolute atomic E-state index is 10.9. The van der Waals surface area contributed by atoms with Gasteiger partial charge in [0.05, 0.1) is 28.7 Å². The first-order chi connectivity index (χ1) is 8.94. The van der Waals surface area contributed by atoms with E-state index in [0.29, 0.717) is 18.2 Å². The fourth-order valence-electron chi connectivity index (χ4n) is 2.11. The van der Waals surface area contributed by atoms with Gasteiger partial charge in [0.1, 0.15) is 11.6 Å². The van der Waals surface area contributed by atoms with E-state index >= 15 is 0 Å². The molecule has 1 aliphatic rings. The molecule has 0 amide bonds. The Morgan fingerprint density at radius 2 is 2.21 bits per heavy atom. The molecule has 0 saturated carbocycles. The molecular weight excluding hydrogens is 248 g/mol. The lowest BCUT2D eigenvalue weighted by molar-refractivity contribution is -0.384. The minimum atomic E-state index is -0.426. The minimum Gasteiger partial charge on any atom is -0.376 e. The molecule has 1 aromatic heterocycles. The van der Waals surface area contributed by atoms with Gasteiger partial charge in [-0.15, -0.1) is 0 Å². The predicted octanol–water partition coefficient (Wildman–Crippen LogP) is 2.01. The quantitative estimate of drug-likeness (QED) is 0.640. The van der Waals surface area contributed by atoms with E-state index in [9.17, 15) is 10.1 Å². The van der Waals surface area contributed by atoms with E-state index in [-0.39, 0.29) is 17.3 Å². The van der Waals surface area contributed by atoms with Crippen LogP contribution in [0.15, 0.2) is 12.1 Å². The smallest absolute Gasteiger partial charge is 0.276 e. The van der Waals surface area contributed by atoms with Gasteiger partial charge < -0.3 is 15.4 Å². The summed E-state index contributed by atoms with van der Waals surface area (Å²) in [6.45, 7) is 4.69. The van der Waals surface area contributed by atoms with Crippen molar-refractivity contribution in [3.63, 3.8) is 0 Å². The van der Waals surface area contributed by atoms with E-state index in [0.717, 1.165) is 6.42 Å². The standard InChI is InChI=1S/C12H18N4O3/c1-8-12(2,4-5-19-8)15-11-7-9(16(17)18)6-10(13-3)14-11/h6-8H,4-5H2,1-3H3,(H2,13,14,15). The summed E-state index contributed by atoms with van der Waals surface area (Å²) in [5.74, 6) is 0.949. The van der Waals surface area contributed by atoms with Crippen LogP contribution in [0.25, 0.3) is 0 Å². The van der Waals surface area contributed by atoms with Gasteiger partial charge in [-0.05, 0) is 20.3 Å². The van der Waals surface area contributed by atoms with Crippen molar-refractivity contribution in [3.05, 3.63) is 22.2 Å². The van der Waals surface area contributed by atoms with Crippen LogP contribution in [0.1, 0.15) is 20.3 Å². The van der Waals surface area contributed by atoms with Gasteiger partial charge in [0.15, 0.2) is 0 Å². The third-order valence-electron chi connectivity index (χ3n) is 3.58. The second kappa shape index (κ2) is 5.00. The van der Waals surface area contributed by atoms with Gasteiger partial charge in [-0.25, -0.2) is 4.98 Å². The van der Waals surface area contributed by atoms with Crippen LogP contribution in [0.3, 0.4) is 0 Å². The van der Waals surface area contributed by atoms with Gasteiger partial charge in [-0.2, -0.15) is 0 Å².